The maximum Gasteiger partial charge on any atom is 0.435 e. The Morgan fingerprint density at radius 3 is 2.31 bits per heavy atom. The third-order valence-electron chi connectivity index (χ3n) is 11.1. The fraction of sp³-hybridized carbons (Fsp3) is 0.788. The van der Waals surface area contributed by atoms with Gasteiger partial charge in [0.05, 0.1) is 19.3 Å². The van der Waals surface area contributed by atoms with Crippen molar-refractivity contribution in [2.75, 3.05) is 44.4 Å². The first-order valence-electron chi connectivity index (χ1n) is 16.7. The highest BCUT2D eigenvalue weighted by molar-refractivity contribution is 8.76. The molecule has 1 aromatic rings. The molecule has 16 heteroatoms. The first-order valence-corrected chi connectivity index (χ1v) is 19.2. The molecule has 0 radical (unpaired) electrons. The van der Waals surface area contributed by atoms with Gasteiger partial charge in [-0.1, -0.05) is 34.6 Å². The second-order valence-electron chi connectivity index (χ2n) is 13.7. The van der Waals surface area contributed by atoms with E-state index in [0.29, 0.717) is 49.9 Å². The number of hydrogen-bond acceptors (Lipinski definition) is 7. The number of ether oxygens (including phenoxy) is 3. The van der Waals surface area contributed by atoms with Crippen molar-refractivity contribution in [3.8, 4) is 5.75 Å². The zero-order chi connectivity index (χ0) is 35.7. The molecule has 5 nitrogen and oxygen atoms in total. The molecule has 0 bridgehead atoms. The van der Waals surface area contributed by atoms with Crippen LogP contribution >= 0.6 is 21.6 Å². The van der Waals surface area contributed by atoms with Crippen molar-refractivity contribution in [2.45, 2.75) is 100 Å². The number of rotatable bonds is 13. The number of fused-ring (bicyclic) bond motifs is 5. The number of nitrogens with zero attached hydrogens (tertiary/aromatic N) is 1. The van der Waals surface area contributed by atoms with Crippen LogP contribution in [0.3, 0.4) is 0 Å². The Balaban J connectivity index is 1.14. The summed E-state index contributed by atoms with van der Waals surface area (Å²) in [6.45, 7) is 1.91. The van der Waals surface area contributed by atoms with Crippen LogP contribution in [0.25, 0.3) is 0 Å². The van der Waals surface area contributed by atoms with Crippen LogP contribution in [0.15, 0.2) is 18.2 Å². The lowest BCUT2D eigenvalue weighted by atomic mass is 9.55. The van der Waals surface area contributed by atoms with Crippen LogP contribution in [0.5, 0.6) is 5.75 Å². The van der Waals surface area contributed by atoms with Gasteiger partial charge in [0, 0.05) is 30.7 Å². The zero-order valence-corrected chi connectivity index (χ0v) is 28.7. The largest absolute Gasteiger partial charge is 0.492 e. The molecule has 2 saturated carbocycles. The zero-order valence-electron chi connectivity index (χ0n) is 27.1. The summed E-state index contributed by atoms with van der Waals surface area (Å²) >= 11 is 0. The minimum absolute atomic E-state index is 0.265. The molecule has 0 aromatic heterocycles. The molecule has 0 unspecified atom stereocenters. The van der Waals surface area contributed by atoms with E-state index in [0.717, 1.165) is 62.1 Å². The summed E-state index contributed by atoms with van der Waals surface area (Å²) in [4.78, 5) is 13.4. The van der Waals surface area contributed by atoms with Crippen molar-refractivity contribution < 1.29 is 58.5 Å². The molecule has 3 aliphatic carbocycles. The van der Waals surface area contributed by atoms with E-state index in [9.17, 15) is 44.3 Å². The Labute approximate surface area is 288 Å². The molecule has 0 spiro atoms. The number of aryl methyl sites for hydroxylation is 1. The van der Waals surface area contributed by atoms with Crippen LogP contribution in [0.1, 0.15) is 68.9 Å². The van der Waals surface area contributed by atoms with Crippen LogP contribution in [0.2, 0.25) is 0 Å². The molecular weight excluding hydrogens is 709 g/mol. The molecule has 1 aliphatic heterocycles. The summed E-state index contributed by atoms with van der Waals surface area (Å²) in [6, 6.07) is 6.63. The first-order chi connectivity index (χ1) is 23.0. The fourth-order valence-electron chi connectivity index (χ4n) is 8.65. The van der Waals surface area contributed by atoms with Crippen LogP contribution in [0, 0.1) is 17.3 Å². The van der Waals surface area contributed by atoms with Crippen molar-refractivity contribution in [3.63, 3.8) is 0 Å². The van der Waals surface area contributed by atoms with Crippen molar-refractivity contribution in [1.82, 2.24) is 4.90 Å². The van der Waals surface area contributed by atoms with E-state index in [4.69, 9.17) is 9.47 Å². The number of halogens is 9. The Hall–Kier alpha value is -1.36. The van der Waals surface area contributed by atoms with Gasteiger partial charge >= 0.3 is 24.1 Å². The standard InChI is InChI=1S/C33H42F9NO4S2/c1-29-11-9-25-24-6-4-23(45-17-13-43(12-14-44)22-10-18-48-49-20-22)19-21(24)3-5-26(25)27(29)7-8-28(29)46-15-2-16-47-30(31(34,35)36,32(37,38)39)33(40,41)42/h4,6,14,19,22,25-28H,2-3,5,7-13,15-18,20H2,1H3/t22-,25+,26+,27-,28-,29-/m0/s1. The minimum atomic E-state index is -6.74. The van der Waals surface area contributed by atoms with Gasteiger partial charge in [0.1, 0.15) is 18.6 Å². The van der Waals surface area contributed by atoms with Gasteiger partial charge in [-0.25, -0.2) is 0 Å². The predicted octanol–water partition coefficient (Wildman–Crippen LogP) is 8.79. The monoisotopic (exact) mass is 751 g/mol. The summed E-state index contributed by atoms with van der Waals surface area (Å²) < 4.78 is 134. The van der Waals surface area contributed by atoms with Crippen molar-refractivity contribution >= 4 is 27.9 Å². The number of carbonyl (C=O) groups is 1. The van der Waals surface area contributed by atoms with Gasteiger partial charge in [0.15, 0.2) is 0 Å². The molecule has 0 N–H and O–H groups in total. The summed E-state index contributed by atoms with van der Waals surface area (Å²) in [5, 5.41) is 0. The normalized spacial score (nSPS) is 29.3. The summed E-state index contributed by atoms with van der Waals surface area (Å²) in [5.41, 5.74) is -3.97. The maximum atomic E-state index is 13.1. The van der Waals surface area contributed by atoms with Crippen molar-refractivity contribution in [1.29, 1.82) is 0 Å². The summed E-state index contributed by atoms with van der Waals surface area (Å²) in [5.74, 6) is 3.88. The van der Waals surface area contributed by atoms with E-state index in [1.807, 2.05) is 27.7 Å². The molecule has 1 heterocycles. The van der Waals surface area contributed by atoms with E-state index in [1.54, 1.807) is 0 Å². The van der Waals surface area contributed by atoms with Crippen LogP contribution < -0.4 is 4.74 Å². The molecule has 6 atom stereocenters. The molecule has 0 amide bonds. The smallest absolute Gasteiger partial charge is 0.435 e. The second-order valence-corrected chi connectivity index (χ2v) is 16.3. The average molecular weight is 752 g/mol. The molecule has 49 heavy (non-hydrogen) atoms. The quantitative estimate of drug-likeness (QED) is 0.0865. The highest BCUT2D eigenvalue weighted by Crippen LogP contribution is 2.62. The number of benzene rings is 1. The summed E-state index contributed by atoms with van der Waals surface area (Å²) in [6.07, 6.45) is -14.1. The van der Waals surface area contributed by atoms with E-state index in [-0.39, 0.29) is 18.1 Å². The molecule has 3 fully saturated rings. The third kappa shape index (κ3) is 7.87. The predicted molar refractivity (Wildman–Crippen MR) is 169 cm³/mol. The van der Waals surface area contributed by atoms with Gasteiger partial charge < -0.3 is 19.0 Å². The van der Waals surface area contributed by atoms with E-state index in [2.05, 4.69) is 28.7 Å². The number of aldehydes is 1. The highest BCUT2D eigenvalue weighted by Gasteiger charge is 2.85. The fourth-order valence-corrected chi connectivity index (χ4v) is 11.2. The number of carbonyl (C=O) groups excluding carboxylic acids is 1. The molecule has 1 aromatic carbocycles. The maximum absolute atomic E-state index is 13.1. The van der Waals surface area contributed by atoms with Crippen LogP contribution in [-0.2, 0) is 20.7 Å². The Morgan fingerprint density at radius 2 is 1.65 bits per heavy atom. The third-order valence-corrected chi connectivity index (χ3v) is 13.6. The molecule has 1 saturated heterocycles. The Bertz CT molecular complexity index is 1240. The van der Waals surface area contributed by atoms with E-state index < -0.39 is 37.2 Å². The highest BCUT2D eigenvalue weighted by atomic mass is 33.1. The lowest BCUT2D eigenvalue weighted by Crippen LogP contribution is -2.67. The first kappa shape index (κ1) is 38.9. The summed E-state index contributed by atoms with van der Waals surface area (Å²) in [7, 11) is 3.70. The lowest BCUT2D eigenvalue weighted by molar-refractivity contribution is -0.457. The van der Waals surface area contributed by atoms with Crippen LogP contribution in [-0.4, -0.2) is 91.9 Å². The van der Waals surface area contributed by atoms with Crippen LogP contribution in [0.4, 0.5) is 39.5 Å². The van der Waals surface area contributed by atoms with Crippen molar-refractivity contribution in [3.05, 3.63) is 29.3 Å². The molecule has 4 aliphatic rings. The van der Waals surface area contributed by atoms with Gasteiger partial charge in [-0.2, -0.15) is 39.5 Å². The van der Waals surface area contributed by atoms with Gasteiger partial charge in [-0.3, -0.25) is 4.90 Å². The molecular formula is C33H42F9NO4S2. The minimum Gasteiger partial charge on any atom is -0.492 e. The van der Waals surface area contributed by atoms with Gasteiger partial charge in [0.2, 0.25) is 0 Å². The number of alkyl halides is 9. The number of hydrogen-bond donors (Lipinski definition) is 0. The van der Waals surface area contributed by atoms with Crippen molar-refractivity contribution in [2.24, 2.45) is 17.3 Å². The van der Waals surface area contributed by atoms with E-state index in [1.165, 1.54) is 11.1 Å². The topological polar surface area (TPSA) is 48.0 Å². The Morgan fingerprint density at radius 1 is 0.918 bits per heavy atom. The average Bonchev–Trinajstić information content (AvgIpc) is 3.36. The Kier molecular flexibility index (Phi) is 12.1. The van der Waals surface area contributed by atoms with Gasteiger partial charge in [-0.15, -0.1) is 0 Å². The second kappa shape index (κ2) is 15.3. The van der Waals surface area contributed by atoms with E-state index >= 15 is 0 Å². The van der Waals surface area contributed by atoms with Gasteiger partial charge in [-0.05, 0) is 97.8 Å². The lowest BCUT2D eigenvalue weighted by Gasteiger charge is -2.50. The molecule has 5 rings (SSSR count). The SMILES string of the molecule is C[C@]12CC[C@@H]3c4ccc(OCCN(CC=O)[C@H]5CCSSC5)cc4CC[C@H]3[C@@H]1CC[C@@H]2OCCCOC(C(F)(F)F)(C(F)(F)F)C(F)(F)F. The van der Waals surface area contributed by atoms with Gasteiger partial charge in [0.25, 0.3) is 0 Å². The molecule has 278 valence electrons.